The molecule has 6 nitrogen and oxygen atoms in total. The number of anilines is 1. The van der Waals surface area contributed by atoms with Crippen LogP contribution in [0.2, 0.25) is 5.02 Å². The van der Waals surface area contributed by atoms with E-state index >= 15 is 0 Å². The molecule has 186 valence electrons. The van der Waals surface area contributed by atoms with Gasteiger partial charge in [-0.05, 0) is 48.2 Å². The van der Waals surface area contributed by atoms with Gasteiger partial charge in [0.2, 0.25) is 0 Å². The van der Waals surface area contributed by atoms with Gasteiger partial charge in [0.05, 0.1) is 28.6 Å². The lowest BCUT2D eigenvalue weighted by Gasteiger charge is -2.18. The highest BCUT2D eigenvalue weighted by molar-refractivity contribution is 7.21. The Hall–Kier alpha value is -3.94. The Balaban J connectivity index is 1.47. The third-order valence-electron chi connectivity index (χ3n) is 5.98. The molecule has 5 rings (SSSR count). The summed E-state index contributed by atoms with van der Waals surface area (Å²) in [5.74, 6) is -0.601. The molecule has 1 aromatic heterocycles. The number of amides is 1. The lowest BCUT2D eigenvalue weighted by atomic mass is 9.99. The van der Waals surface area contributed by atoms with E-state index in [9.17, 15) is 9.59 Å². The summed E-state index contributed by atoms with van der Waals surface area (Å²) in [5, 5.41) is 5.64. The minimum atomic E-state index is -1.01. The number of carbonyl (C=O) groups excluding carboxylic acids is 2. The van der Waals surface area contributed by atoms with Gasteiger partial charge in [-0.1, -0.05) is 61.0 Å². The third kappa shape index (κ3) is 5.01. The number of nitrogens with zero attached hydrogens (tertiary/aromatic N) is 1. The van der Waals surface area contributed by atoms with Crippen molar-refractivity contribution in [2.24, 2.45) is 0 Å². The zero-order valence-corrected chi connectivity index (χ0v) is 21.7. The summed E-state index contributed by atoms with van der Waals surface area (Å²) in [7, 11) is 1.50. The number of fused-ring (bicyclic) bond motifs is 2. The van der Waals surface area contributed by atoms with E-state index in [4.69, 9.17) is 26.1 Å². The van der Waals surface area contributed by atoms with Crippen molar-refractivity contribution in [1.82, 2.24) is 4.98 Å². The highest BCUT2D eigenvalue weighted by atomic mass is 35.5. The fraction of sp³-hybridized carbons (Fsp3) is 0.138. The van der Waals surface area contributed by atoms with E-state index in [-0.39, 0.29) is 6.42 Å². The summed E-state index contributed by atoms with van der Waals surface area (Å²) < 4.78 is 12.1. The van der Waals surface area contributed by atoms with Gasteiger partial charge in [-0.15, -0.1) is 11.3 Å². The molecule has 8 heteroatoms. The lowest BCUT2D eigenvalue weighted by molar-refractivity contribution is -0.124. The standard InChI is InChI=1S/C29H23ClN2O4S/c1-3-23(27(33)31-22-16-18(30)14-15-24(22)35-2)36-29(34)20-11-7-9-17-8-6-10-19(26(17)20)28-32-21-12-4-5-13-25(21)37-28/h4-16,23H,3H2,1-2H3,(H,31,33). The number of esters is 1. The first-order chi connectivity index (χ1) is 18.0. The van der Waals surface area contributed by atoms with Gasteiger partial charge in [0.25, 0.3) is 5.91 Å². The molecule has 37 heavy (non-hydrogen) atoms. The van der Waals surface area contributed by atoms with Crippen molar-refractivity contribution in [3.05, 3.63) is 89.4 Å². The lowest BCUT2D eigenvalue weighted by Crippen LogP contribution is -2.32. The number of aromatic nitrogens is 1. The molecule has 0 aliphatic carbocycles. The molecule has 0 radical (unpaired) electrons. The SMILES string of the molecule is CCC(OC(=O)c1cccc2cccc(-c3nc4ccccc4s3)c12)C(=O)Nc1cc(Cl)ccc1OC. The number of methoxy groups -OCH3 is 1. The second-order valence-corrected chi connectivity index (χ2v) is 9.80. The topological polar surface area (TPSA) is 77.5 Å². The van der Waals surface area contributed by atoms with E-state index in [1.165, 1.54) is 7.11 Å². The number of rotatable bonds is 7. The maximum Gasteiger partial charge on any atom is 0.339 e. The minimum Gasteiger partial charge on any atom is -0.495 e. The number of para-hydroxylation sites is 1. The predicted molar refractivity (Wildman–Crippen MR) is 149 cm³/mol. The second-order valence-electron chi connectivity index (χ2n) is 8.33. The molecule has 1 heterocycles. The van der Waals surface area contributed by atoms with E-state index in [0.717, 1.165) is 31.6 Å². The zero-order chi connectivity index (χ0) is 25.9. The molecule has 5 aromatic rings. The maximum atomic E-state index is 13.5. The highest BCUT2D eigenvalue weighted by Crippen LogP contribution is 2.36. The molecule has 1 unspecified atom stereocenters. The molecule has 0 saturated carbocycles. The van der Waals surface area contributed by atoms with E-state index in [0.29, 0.717) is 22.0 Å². The fourth-order valence-electron chi connectivity index (χ4n) is 4.18. The molecule has 0 saturated heterocycles. The Morgan fingerprint density at radius 1 is 1.03 bits per heavy atom. The molecule has 1 atom stereocenters. The number of nitrogens with one attached hydrogen (secondary N) is 1. The molecule has 0 spiro atoms. The first kappa shape index (κ1) is 24.7. The summed E-state index contributed by atoms with van der Waals surface area (Å²) in [6.45, 7) is 1.78. The summed E-state index contributed by atoms with van der Waals surface area (Å²) in [4.78, 5) is 31.3. The van der Waals surface area contributed by atoms with Crippen LogP contribution in [0.5, 0.6) is 5.75 Å². The average Bonchev–Trinajstić information content (AvgIpc) is 3.35. The predicted octanol–water partition coefficient (Wildman–Crippen LogP) is 7.35. The van der Waals surface area contributed by atoms with E-state index in [1.54, 1.807) is 48.6 Å². The van der Waals surface area contributed by atoms with Crippen LogP contribution in [0, 0.1) is 0 Å². The molecule has 0 fully saturated rings. The molecule has 0 bridgehead atoms. The average molecular weight is 531 g/mol. The fourth-order valence-corrected chi connectivity index (χ4v) is 5.35. The number of hydrogen-bond acceptors (Lipinski definition) is 6. The number of benzene rings is 4. The smallest absolute Gasteiger partial charge is 0.339 e. The van der Waals surface area contributed by atoms with Crippen molar-refractivity contribution in [1.29, 1.82) is 0 Å². The van der Waals surface area contributed by atoms with Gasteiger partial charge < -0.3 is 14.8 Å². The largest absolute Gasteiger partial charge is 0.495 e. The monoisotopic (exact) mass is 530 g/mol. The van der Waals surface area contributed by atoms with Gasteiger partial charge in [-0.2, -0.15) is 0 Å². The zero-order valence-electron chi connectivity index (χ0n) is 20.2. The van der Waals surface area contributed by atoms with Crippen molar-refractivity contribution >= 4 is 61.5 Å². The van der Waals surface area contributed by atoms with E-state index < -0.39 is 18.0 Å². The van der Waals surface area contributed by atoms with Gasteiger partial charge in [0.15, 0.2) is 6.10 Å². The van der Waals surface area contributed by atoms with Crippen molar-refractivity contribution in [2.75, 3.05) is 12.4 Å². The number of ether oxygens (including phenoxy) is 2. The highest BCUT2D eigenvalue weighted by Gasteiger charge is 2.25. The van der Waals surface area contributed by atoms with E-state index in [1.807, 2.05) is 48.5 Å². The van der Waals surface area contributed by atoms with Crippen LogP contribution >= 0.6 is 22.9 Å². The number of thiazole rings is 1. The third-order valence-corrected chi connectivity index (χ3v) is 7.29. The van der Waals surface area contributed by atoms with Crippen molar-refractivity contribution in [3.63, 3.8) is 0 Å². The number of halogens is 1. The van der Waals surface area contributed by atoms with E-state index in [2.05, 4.69) is 5.32 Å². The molecule has 0 aliphatic heterocycles. The van der Waals surface area contributed by atoms with Crippen LogP contribution in [0.25, 0.3) is 31.6 Å². The van der Waals surface area contributed by atoms with Crippen LogP contribution < -0.4 is 10.1 Å². The molecule has 1 amide bonds. The Morgan fingerprint density at radius 2 is 1.81 bits per heavy atom. The van der Waals surface area contributed by atoms with Gasteiger partial charge in [0.1, 0.15) is 10.8 Å². The summed E-state index contributed by atoms with van der Waals surface area (Å²) in [6, 6.07) is 24.1. The Morgan fingerprint density at radius 3 is 2.57 bits per heavy atom. The van der Waals surface area contributed by atoms with Crippen molar-refractivity contribution in [3.8, 4) is 16.3 Å². The van der Waals surface area contributed by atoms with Gasteiger partial charge in [0, 0.05) is 16.0 Å². The summed E-state index contributed by atoms with van der Waals surface area (Å²) >= 11 is 7.65. The molecular weight excluding hydrogens is 508 g/mol. The van der Waals surface area contributed by atoms with Crippen molar-refractivity contribution in [2.45, 2.75) is 19.4 Å². The molecule has 0 aliphatic rings. The Kier molecular flexibility index (Phi) is 7.08. The molecular formula is C29H23ClN2O4S. The number of carbonyl (C=O) groups is 2. The summed E-state index contributed by atoms with van der Waals surface area (Å²) in [5.41, 5.74) is 2.52. The van der Waals surface area contributed by atoms with Crippen LogP contribution in [0.1, 0.15) is 23.7 Å². The Labute approximate surface area is 222 Å². The normalized spacial score (nSPS) is 11.9. The van der Waals surface area contributed by atoms with Crippen LogP contribution in [0.15, 0.2) is 78.9 Å². The van der Waals surface area contributed by atoms with Crippen LogP contribution in [0.4, 0.5) is 5.69 Å². The molecule has 1 N–H and O–H groups in total. The van der Waals surface area contributed by atoms with Crippen LogP contribution in [-0.2, 0) is 9.53 Å². The first-order valence-electron chi connectivity index (χ1n) is 11.7. The quantitative estimate of drug-likeness (QED) is 0.222. The number of hydrogen-bond donors (Lipinski definition) is 1. The van der Waals surface area contributed by atoms with Gasteiger partial charge >= 0.3 is 5.97 Å². The maximum absolute atomic E-state index is 13.5. The molecule has 4 aromatic carbocycles. The summed E-state index contributed by atoms with van der Waals surface area (Å²) in [6.07, 6.45) is -0.725. The first-order valence-corrected chi connectivity index (χ1v) is 12.9. The van der Waals surface area contributed by atoms with Crippen molar-refractivity contribution < 1.29 is 19.1 Å². The second kappa shape index (κ2) is 10.6. The van der Waals surface area contributed by atoms with Gasteiger partial charge in [-0.3, -0.25) is 4.79 Å². The van der Waals surface area contributed by atoms with Gasteiger partial charge in [-0.25, -0.2) is 9.78 Å². The van der Waals surface area contributed by atoms with Crippen LogP contribution in [0.3, 0.4) is 0 Å². The van der Waals surface area contributed by atoms with Crippen LogP contribution in [-0.4, -0.2) is 30.1 Å². The minimum absolute atomic E-state index is 0.288. The Bertz CT molecular complexity index is 1590.